The van der Waals surface area contributed by atoms with Crippen LogP contribution >= 0.6 is 0 Å². The van der Waals surface area contributed by atoms with Gasteiger partial charge in [-0.25, -0.2) is 8.42 Å². The van der Waals surface area contributed by atoms with Gasteiger partial charge in [0.2, 0.25) is 15.9 Å². The van der Waals surface area contributed by atoms with E-state index in [0.717, 1.165) is 9.87 Å². The fourth-order valence-electron chi connectivity index (χ4n) is 1.44. The summed E-state index contributed by atoms with van der Waals surface area (Å²) in [6.07, 6.45) is 0. The Balaban J connectivity index is 2.91. The number of nitrogens with two attached hydrogens (primary N) is 2. The third kappa shape index (κ3) is 4.01. The van der Waals surface area contributed by atoms with Crippen LogP contribution in [0.4, 0.5) is 5.69 Å². The van der Waals surface area contributed by atoms with Gasteiger partial charge in [-0.15, -0.1) is 0 Å². The van der Waals surface area contributed by atoms with E-state index in [1.54, 1.807) is 24.3 Å². The number of anilines is 1. The molecular weight excluding hydrogens is 254 g/mol. The summed E-state index contributed by atoms with van der Waals surface area (Å²) in [4.78, 5) is 10.9. The summed E-state index contributed by atoms with van der Waals surface area (Å²) in [5.74, 6) is -0.752. The van der Waals surface area contributed by atoms with Gasteiger partial charge in [-0.2, -0.15) is 4.31 Å². The van der Waals surface area contributed by atoms with E-state index in [1.165, 1.54) is 6.92 Å². The second-order valence-corrected chi connectivity index (χ2v) is 6.13. The Hall–Kier alpha value is -1.60. The van der Waals surface area contributed by atoms with Crippen LogP contribution in [-0.2, 0) is 21.4 Å². The maximum absolute atomic E-state index is 11.8. The number of nitrogen functional groups attached to an aromatic ring is 1. The third-order valence-corrected chi connectivity index (χ3v) is 4.20. The normalized spacial score (nSPS) is 11.7. The molecule has 0 unspecified atom stereocenters. The van der Waals surface area contributed by atoms with Crippen molar-refractivity contribution in [3.8, 4) is 0 Å². The summed E-state index contributed by atoms with van der Waals surface area (Å²) < 4.78 is 24.7. The number of nitrogens with zero attached hydrogens (tertiary/aromatic N) is 1. The van der Waals surface area contributed by atoms with Gasteiger partial charge in [0.05, 0.1) is 12.3 Å². The molecule has 0 bridgehead atoms. The molecule has 1 amide bonds. The fraction of sp³-hybridized carbons (Fsp3) is 0.364. The highest BCUT2D eigenvalue weighted by Crippen LogP contribution is 2.11. The predicted octanol–water partition coefficient (Wildman–Crippen LogP) is -0.0942. The molecule has 1 aromatic rings. The predicted molar refractivity (Wildman–Crippen MR) is 69.9 cm³/mol. The van der Waals surface area contributed by atoms with Crippen molar-refractivity contribution in [3.05, 3.63) is 29.8 Å². The summed E-state index contributed by atoms with van der Waals surface area (Å²) >= 11 is 0. The Bertz CT molecular complexity index is 511. The van der Waals surface area contributed by atoms with Crippen molar-refractivity contribution >= 4 is 21.6 Å². The fourth-order valence-corrected chi connectivity index (χ4v) is 2.47. The molecule has 0 fully saturated rings. The van der Waals surface area contributed by atoms with Gasteiger partial charge in [0.1, 0.15) is 0 Å². The first kappa shape index (κ1) is 14.5. The standard InChI is InChI=1S/C11H17N3O3S/c1-2-18(16,17)14(8-11(13)15)7-9-3-5-10(12)6-4-9/h3-6H,2,7-8,12H2,1H3,(H2,13,15). The summed E-state index contributed by atoms with van der Waals surface area (Å²) in [5, 5.41) is 0. The molecule has 0 heterocycles. The van der Waals surface area contributed by atoms with Crippen molar-refractivity contribution in [2.24, 2.45) is 5.73 Å². The largest absolute Gasteiger partial charge is 0.399 e. The van der Waals surface area contributed by atoms with E-state index in [0.29, 0.717) is 5.69 Å². The molecule has 6 nitrogen and oxygen atoms in total. The maximum atomic E-state index is 11.8. The highest BCUT2D eigenvalue weighted by Gasteiger charge is 2.21. The van der Waals surface area contributed by atoms with Gasteiger partial charge in [0, 0.05) is 12.2 Å². The lowest BCUT2D eigenvalue weighted by Crippen LogP contribution is -2.38. The van der Waals surface area contributed by atoms with E-state index in [9.17, 15) is 13.2 Å². The van der Waals surface area contributed by atoms with Crippen LogP contribution in [0.3, 0.4) is 0 Å². The first-order chi connectivity index (χ1) is 8.35. The SMILES string of the molecule is CCS(=O)(=O)N(CC(N)=O)Cc1ccc(N)cc1. The van der Waals surface area contributed by atoms with Gasteiger partial charge >= 0.3 is 0 Å². The second-order valence-electron chi connectivity index (χ2n) is 3.88. The summed E-state index contributed by atoms with van der Waals surface area (Å²) in [6.45, 7) is 1.31. The first-order valence-corrected chi connectivity index (χ1v) is 7.06. The van der Waals surface area contributed by atoms with E-state index in [2.05, 4.69) is 0 Å². The molecule has 0 aromatic heterocycles. The molecule has 100 valence electrons. The van der Waals surface area contributed by atoms with Gasteiger partial charge in [-0.3, -0.25) is 4.79 Å². The number of primary amides is 1. The molecule has 0 saturated heterocycles. The molecule has 7 heteroatoms. The van der Waals surface area contributed by atoms with Crippen molar-refractivity contribution in [1.29, 1.82) is 0 Å². The molecule has 0 radical (unpaired) electrons. The van der Waals surface area contributed by atoms with Gasteiger partial charge in [-0.05, 0) is 24.6 Å². The Labute approximate surface area is 107 Å². The van der Waals surface area contributed by atoms with E-state index in [-0.39, 0.29) is 18.8 Å². The quantitative estimate of drug-likeness (QED) is 0.705. The van der Waals surface area contributed by atoms with Crippen LogP contribution in [0.1, 0.15) is 12.5 Å². The average molecular weight is 271 g/mol. The molecule has 0 spiro atoms. The number of carbonyl (C=O) groups is 1. The van der Waals surface area contributed by atoms with Crippen molar-refractivity contribution in [2.45, 2.75) is 13.5 Å². The Morgan fingerprint density at radius 2 is 1.83 bits per heavy atom. The lowest BCUT2D eigenvalue weighted by molar-refractivity contribution is -0.118. The zero-order valence-corrected chi connectivity index (χ0v) is 11.0. The van der Waals surface area contributed by atoms with Crippen LogP contribution in [0, 0.1) is 0 Å². The van der Waals surface area contributed by atoms with E-state index in [4.69, 9.17) is 11.5 Å². The number of sulfonamides is 1. The molecular formula is C11H17N3O3S. The van der Waals surface area contributed by atoms with Crippen molar-refractivity contribution in [1.82, 2.24) is 4.31 Å². The van der Waals surface area contributed by atoms with Crippen molar-refractivity contribution < 1.29 is 13.2 Å². The molecule has 0 aliphatic rings. The van der Waals surface area contributed by atoms with Crippen molar-refractivity contribution in [3.63, 3.8) is 0 Å². The minimum atomic E-state index is -3.46. The second kappa shape index (κ2) is 5.83. The van der Waals surface area contributed by atoms with Crippen LogP contribution < -0.4 is 11.5 Å². The topological polar surface area (TPSA) is 106 Å². The molecule has 0 aliphatic carbocycles. The number of benzene rings is 1. The highest BCUT2D eigenvalue weighted by molar-refractivity contribution is 7.89. The molecule has 18 heavy (non-hydrogen) atoms. The Morgan fingerprint density at radius 1 is 1.28 bits per heavy atom. The zero-order chi connectivity index (χ0) is 13.8. The van der Waals surface area contributed by atoms with Gasteiger partial charge in [0.25, 0.3) is 0 Å². The smallest absolute Gasteiger partial charge is 0.232 e. The number of rotatable bonds is 6. The summed E-state index contributed by atoms with van der Waals surface area (Å²) in [6, 6.07) is 6.79. The number of amides is 1. The lowest BCUT2D eigenvalue weighted by atomic mass is 10.2. The number of carbonyl (C=O) groups excluding carboxylic acids is 1. The summed E-state index contributed by atoms with van der Waals surface area (Å²) in [7, 11) is -3.46. The van der Waals surface area contributed by atoms with Crippen LogP contribution in [-0.4, -0.2) is 30.9 Å². The molecule has 0 saturated carbocycles. The molecule has 4 N–H and O–H groups in total. The van der Waals surface area contributed by atoms with Crippen LogP contribution in [0.5, 0.6) is 0 Å². The van der Waals surface area contributed by atoms with E-state index >= 15 is 0 Å². The highest BCUT2D eigenvalue weighted by atomic mass is 32.2. The third-order valence-electron chi connectivity index (χ3n) is 2.43. The maximum Gasteiger partial charge on any atom is 0.232 e. The first-order valence-electron chi connectivity index (χ1n) is 5.45. The number of hydrogen-bond donors (Lipinski definition) is 2. The average Bonchev–Trinajstić information content (AvgIpc) is 2.30. The van der Waals surface area contributed by atoms with Crippen LogP contribution in [0.15, 0.2) is 24.3 Å². The van der Waals surface area contributed by atoms with Crippen molar-refractivity contribution in [2.75, 3.05) is 18.0 Å². The Kier molecular flexibility index (Phi) is 4.69. The molecule has 0 atom stereocenters. The lowest BCUT2D eigenvalue weighted by Gasteiger charge is -2.19. The molecule has 1 aromatic carbocycles. The minimum Gasteiger partial charge on any atom is -0.399 e. The van der Waals surface area contributed by atoms with Gasteiger partial charge in [0.15, 0.2) is 0 Å². The van der Waals surface area contributed by atoms with Gasteiger partial charge < -0.3 is 11.5 Å². The minimum absolute atomic E-state index is 0.0742. The molecule has 1 rings (SSSR count). The van der Waals surface area contributed by atoms with E-state index < -0.39 is 15.9 Å². The summed E-state index contributed by atoms with van der Waals surface area (Å²) in [5.41, 5.74) is 11.9. The van der Waals surface area contributed by atoms with Gasteiger partial charge in [-0.1, -0.05) is 12.1 Å². The number of hydrogen-bond acceptors (Lipinski definition) is 4. The van der Waals surface area contributed by atoms with Crippen LogP contribution in [0.25, 0.3) is 0 Å². The zero-order valence-electron chi connectivity index (χ0n) is 10.2. The Morgan fingerprint density at radius 3 is 2.28 bits per heavy atom. The van der Waals surface area contributed by atoms with E-state index in [1.807, 2.05) is 0 Å². The molecule has 0 aliphatic heterocycles. The monoisotopic (exact) mass is 271 g/mol. The van der Waals surface area contributed by atoms with Crippen LogP contribution in [0.2, 0.25) is 0 Å².